The lowest BCUT2D eigenvalue weighted by atomic mass is 9.87. The van der Waals surface area contributed by atoms with Gasteiger partial charge in [-0.25, -0.2) is 4.79 Å². The maximum Gasteiger partial charge on any atom is 0.355 e. The van der Waals surface area contributed by atoms with Crippen molar-refractivity contribution in [3.05, 3.63) is 47.3 Å². The molecule has 2 aromatic heterocycles. The Morgan fingerprint density at radius 1 is 1.26 bits per heavy atom. The van der Waals surface area contributed by atoms with Crippen molar-refractivity contribution < 1.29 is 13.9 Å². The Morgan fingerprint density at radius 2 is 2.04 bits per heavy atom. The van der Waals surface area contributed by atoms with Crippen LogP contribution in [0, 0.1) is 6.92 Å². The Balaban J connectivity index is 1.78. The van der Waals surface area contributed by atoms with Gasteiger partial charge in [0.25, 0.3) is 5.89 Å². The molecule has 0 bridgehead atoms. The molecule has 3 aromatic rings. The summed E-state index contributed by atoms with van der Waals surface area (Å²) in [5.41, 5.74) is 2.57. The first-order valence-corrected chi connectivity index (χ1v) is 7.42. The van der Waals surface area contributed by atoms with Gasteiger partial charge in [-0.1, -0.05) is 32.9 Å². The Morgan fingerprint density at radius 3 is 2.70 bits per heavy atom. The van der Waals surface area contributed by atoms with Gasteiger partial charge >= 0.3 is 5.97 Å². The van der Waals surface area contributed by atoms with Crippen molar-refractivity contribution in [3.63, 3.8) is 0 Å². The summed E-state index contributed by atoms with van der Waals surface area (Å²) in [5.74, 6) is 0.271. The monoisotopic (exact) mass is 313 g/mol. The fourth-order valence-electron chi connectivity index (χ4n) is 2.30. The van der Waals surface area contributed by atoms with Gasteiger partial charge in [-0.05, 0) is 23.1 Å². The molecule has 23 heavy (non-hydrogen) atoms. The number of hydrogen-bond acceptors (Lipinski definition) is 5. The molecule has 6 heteroatoms. The molecule has 1 N–H and O–H groups in total. The fourth-order valence-corrected chi connectivity index (χ4v) is 2.30. The molecule has 120 valence electrons. The quantitative estimate of drug-likeness (QED) is 0.748. The summed E-state index contributed by atoms with van der Waals surface area (Å²) in [6.45, 7) is 8.10. The number of benzene rings is 1. The van der Waals surface area contributed by atoms with Crippen molar-refractivity contribution in [2.45, 2.75) is 39.7 Å². The van der Waals surface area contributed by atoms with E-state index in [2.05, 4.69) is 48.1 Å². The van der Waals surface area contributed by atoms with Crippen LogP contribution in [0.3, 0.4) is 0 Å². The van der Waals surface area contributed by atoms with Crippen LogP contribution >= 0.6 is 0 Å². The van der Waals surface area contributed by atoms with Gasteiger partial charge in [-0.3, -0.25) is 0 Å². The van der Waals surface area contributed by atoms with Gasteiger partial charge in [0, 0.05) is 17.8 Å². The van der Waals surface area contributed by atoms with E-state index in [-0.39, 0.29) is 17.9 Å². The highest BCUT2D eigenvalue weighted by Crippen LogP contribution is 2.26. The van der Waals surface area contributed by atoms with Gasteiger partial charge in [-0.15, -0.1) is 10.2 Å². The van der Waals surface area contributed by atoms with Gasteiger partial charge in [0.05, 0.1) is 0 Å². The van der Waals surface area contributed by atoms with E-state index in [9.17, 15) is 4.79 Å². The molecule has 0 spiro atoms. The third-order valence-electron chi connectivity index (χ3n) is 3.60. The second kappa shape index (κ2) is 5.53. The van der Waals surface area contributed by atoms with Crippen LogP contribution in [0.5, 0.6) is 0 Å². The van der Waals surface area contributed by atoms with Gasteiger partial charge in [0.15, 0.2) is 6.61 Å². The van der Waals surface area contributed by atoms with Crippen molar-refractivity contribution in [1.29, 1.82) is 0 Å². The summed E-state index contributed by atoms with van der Waals surface area (Å²) in [4.78, 5) is 15.2. The van der Waals surface area contributed by atoms with Crippen LogP contribution in [-0.4, -0.2) is 21.2 Å². The number of aryl methyl sites for hydroxylation is 1. The van der Waals surface area contributed by atoms with Crippen molar-refractivity contribution in [3.8, 4) is 0 Å². The van der Waals surface area contributed by atoms with E-state index in [0.29, 0.717) is 11.6 Å². The molecule has 1 aromatic carbocycles. The Bertz CT molecular complexity index is 855. The smallest absolute Gasteiger partial charge is 0.355 e. The second-order valence-electron chi connectivity index (χ2n) is 6.53. The average molecular weight is 313 g/mol. The molecule has 0 atom stereocenters. The SMILES string of the molecule is Cc1nnc(COC(=O)c2cc3ccc(C(C)(C)C)cc3[nH]2)o1. The summed E-state index contributed by atoms with van der Waals surface area (Å²) >= 11 is 0. The first kappa shape index (κ1) is 15.3. The van der Waals surface area contributed by atoms with E-state index in [4.69, 9.17) is 9.15 Å². The first-order valence-electron chi connectivity index (χ1n) is 7.42. The molecule has 0 saturated heterocycles. The maximum atomic E-state index is 12.1. The number of aromatic amines is 1. The number of carbonyl (C=O) groups excluding carboxylic acids is 1. The highest BCUT2D eigenvalue weighted by molar-refractivity contribution is 5.95. The first-order chi connectivity index (χ1) is 10.8. The molecule has 0 aliphatic carbocycles. The van der Waals surface area contributed by atoms with Gasteiger partial charge < -0.3 is 14.1 Å². The number of ether oxygens (including phenoxy) is 1. The molecule has 0 unspecified atom stereocenters. The molecular formula is C17H19N3O3. The third kappa shape index (κ3) is 3.26. The molecule has 0 radical (unpaired) electrons. The lowest BCUT2D eigenvalue weighted by Crippen LogP contribution is -2.10. The molecule has 2 heterocycles. The number of nitrogens with one attached hydrogen (secondary N) is 1. The van der Waals surface area contributed by atoms with E-state index in [1.165, 1.54) is 5.56 Å². The minimum atomic E-state index is -0.450. The number of nitrogens with zero attached hydrogens (tertiary/aromatic N) is 2. The van der Waals surface area contributed by atoms with Crippen LogP contribution in [0.2, 0.25) is 0 Å². The van der Waals surface area contributed by atoms with Crippen LogP contribution in [-0.2, 0) is 16.8 Å². The summed E-state index contributed by atoms with van der Waals surface area (Å²) in [5, 5.41) is 8.45. The van der Waals surface area contributed by atoms with E-state index in [0.717, 1.165) is 10.9 Å². The van der Waals surface area contributed by atoms with E-state index >= 15 is 0 Å². The van der Waals surface area contributed by atoms with E-state index < -0.39 is 5.97 Å². The predicted octanol–water partition coefficient (Wildman–Crippen LogP) is 3.51. The van der Waals surface area contributed by atoms with Gasteiger partial charge in [0.2, 0.25) is 5.89 Å². The highest BCUT2D eigenvalue weighted by Gasteiger charge is 2.17. The number of H-pyrrole nitrogens is 1. The van der Waals surface area contributed by atoms with Crippen LogP contribution in [0.15, 0.2) is 28.7 Å². The molecule has 0 amide bonds. The topological polar surface area (TPSA) is 81.0 Å². The number of hydrogen-bond donors (Lipinski definition) is 1. The van der Waals surface area contributed by atoms with Crippen LogP contribution in [0.25, 0.3) is 10.9 Å². The molecule has 6 nitrogen and oxygen atoms in total. The second-order valence-corrected chi connectivity index (χ2v) is 6.53. The fraction of sp³-hybridized carbons (Fsp3) is 0.353. The number of esters is 1. The van der Waals surface area contributed by atoms with Gasteiger partial charge in [-0.2, -0.15) is 0 Å². The van der Waals surface area contributed by atoms with Crippen molar-refractivity contribution in [2.75, 3.05) is 0 Å². The molecule has 0 saturated carbocycles. The average Bonchev–Trinajstić information content (AvgIpc) is 3.08. The minimum absolute atomic E-state index is 0.0394. The molecule has 0 fully saturated rings. The van der Waals surface area contributed by atoms with Crippen molar-refractivity contribution in [2.24, 2.45) is 0 Å². The molecule has 0 aliphatic rings. The zero-order valence-corrected chi connectivity index (χ0v) is 13.6. The van der Waals surface area contributed by atoms with Crippen LogP contribution in [0.4, 0.5) is 0 Å². The van der Waals surface area contributed by atoms with Crippen LogP contribution < -0.4 is 0 Å². The summed E-state index contributed by atoms with van der Waals surface area (Å²) in [6.07, 6.45) is 0. The summed E-state index contributed by atoms with van der Waals surface area (Å²) in [7, 11) is 0. The van der Waals surface area contributed by atoms with Crippen molar-refractivity contribution >= 4 is 16.9 Å². The van der Waals surface area contributed by atoms with Crippen molar-refractivity contribution in [1.82, 2.24) is 15.2 Å². The molecule has 3 rings (SSSR count). The summed E-state index contributed by atoms with van der Waals surface area (Å²) in [6, 6.07) is 7.92. The maximum absolute atomic E-state index is 12.1. The lowest BCUT2D eigenvalue weighted by molar-refractivity contribution is 0.0431. The zero-order chi connectivity index (χ0) is 16.6. The number of rotatable bonds is 3. The standard InChI is InChI=1S/C17H19N3O3/c1-10-19-20-15(23-10)9-22-16(21)14-7-11-5-6-12(17(2,3)4)8-13(11)18-14/h5-8,18H,9H2,1-4H3. The number of carbonyl (C=O) groups is 1. The third-order valence-corrected chi connectivity index (χ3v) is 3.60. The lowest BCUT2D eigenvalue weighted by Gasteiger charge is -2.18. The van der Waals surface area contributed by atoms with Crippen LogP contribution in [0.1, 0.15) is 48.6 Å². The normalized spacial score (nSPS) is 11.8. The molecule has 0 aliphatic heterocycles. The van der Waals surface area contributed by atoms with E-state index in [1.807, 2.05) is 6.07 Å². The Kier molecular flexibility index (Phi) is 3.67. The highest BCUT2D eigenvalue weighted by atomic mass is 16.5. The molecular weight excluding hydrogens is 294 g/mol. The summed E-state index contributed by atoms with van der Waals surface area (Å²) < 4.78 is 10.4. The Hall–Kier alpha value is -2.63. The number of aromatic nitrogens is 3. The van der Waals surface area contributed by atoms with Gasteiger partial charge in [0.1, 0.15) is 5.69 Å². The number of fused-ring (bicyclic) bond motifs is 1. The van der Waals surface area contributed by atoms with E-state index in [1.54, 1.807) is 13.0 Å². The minimum Gasteiger partial charge on any atom is -0.451 e. The predicted molar refractivity (Wildman–Crippen MR) is 85.2 cm³/mol. The zero-order valence-electron chi connectivity index (χ0n) is 13.6. The largest absolute Gasteiger partial charge is 0.451 e. The Labute approximate surface area is 133 Å².